The molecule has 0 amide bonds. The lowest BCUT2D eigenvalue weighted by atomic mass is 10.9. The molecule has 68 valence electrons. The van der Waals surface area contributed by atoms with Gasteiger partial charge in [-0.3, -0.25) is 0 Å². The van der Waals surface area contributed by atoms with E-state index in [-0.39, 0.29) is 0 Å². The lowest BCUT2D eigenvalue weighted by Crippen LogP contribution is -2.22. The van der Waals surface area contributed by atoms with E-state index in [1.165, 1.54) is 10.6 Å². The number of hydrogen-bond donors (Lipinski definition) is 1. The summed E-state index contributed by atoms with van der Waals surface area (Å²) in [6, 6.07) is 0.965. The predicted molar refractivity (Wildman–Crippen MR) is 58.3 cm³/mol. The van der Waals surface area contributed by atoms with Gasteiger partial charge < -0.3 is 4.80 Å². The zero-order chi connectivity index (χ0) is 9.33. The minimum absolute atomic E-state index is 0.432. The van der Waals surface area contributed by atoms with Gasteiger partial charge in [-0.05, 0) is 19.1 Å². The molecule has 0 spiro atoms. The molecule has 0 saturated heterocycles. The second kappa shape index (κ2) is 8.80. The van der Waals surface area contributed by atoms with Gasteiger partial charge >= 0.3 is 0 Å². The maximum Gasteiger partial charge on any atom is 0.236 e. The van der Waals surface area contributed by atoms with E-state index < -0.39 is 8.32 Å². The van der Waals surface area contributed by atoms with Crippen molar-refractivity contribution in [2.45, 2.75) is 50.5 Å². The molecule has 0 heterocycles. The van der Waals surface area contributed by atoms with Crippen LogP contribution in [0.25, 0.3) is 0 Å². The summed E-state index contributed by atoms with van der Waals surface area (Å²) < 4.78 is 0. The van der Waals surface area contributed by atoms with Gasteiger partial charge in [0.2, 0.25) is 15.2 Å². The van der Waals surface area contributed by atoms with Crippen molar-refractivity contribution >= 4 is 23.5 Å². The van der Waals surface area contributed by atoms with Crippen LogP contribution in [-0.4, -0.2) is 28.3 Å². The molecule has 0 aromatic heterocycles. The third-order valence-corrected chi connectivity index (χ3v) is 4.72. The van der Waals surface area contributed by atoms with Gasteiger partial charge in [0.1, 0.15) is 0 Å². The smallest absolute Gasteiger partial charge is 0.236 e. The molecule has 0 radical (unpaired) electrons. The molecule has 0 aliphatic carbocycles. The van der Waals surface area contributed by atoms with Gasteiger partial charge in [-0.25, -0.2) is 0 Å². The second-order valence-corrected chi connectivity index (χ2v) is 10.6. The first-order valence-corrected chi connectivity index (χ1v) is 9.85. The summed E-state index contributed by atoms with van der Waals surface area (Å²) in [5.74, 6) is 0. The minimum atomic E-state index is -1.63. The third kappa shape index (κ3) is 24.9. The van der Waals surface area contributed by atoms with Crippen molar-refractivity contribution in [3.8, 4) is 0 Å². The highest BCUT2D eigenvalue weighted by Gasteiger charge is 2.10. The molecule has 0 aromatic rings. The molecular weight excluding hydrogens is 167 g/mol. The van der Waals surface area contributed by atoms with E-state index in [0.29, 0.717) is 15.2 Å². The average Bonchev–Trinajstić information content (AvgIpc) is 1.90. The molecule has 0 bridgehead atoms. The Bertz CT molecular complexity index is 69.0. The van der Waals surface area contributed by atoms with Crippen LogP contribution in [0.1, 0.15) is 20.8 Å². The van der Waals surface area contributed by atoms with E-state index in [4.69, 9.17) is 4.80 Å². The van der Waals surface area contributed by atoms with Gasteiger partial charge in [-0.1, -0.05) is 20.8 Å². The van der Waals surface area contributed by atoms with E-state index in [0.717, 1.165) is 6.04 Å². The summed E-state index contributed by atoms with van der Waals surface area (Å²) in [4.78, 5) is 8.97. The van der Waals surface area contributed by atoms with Crippen LogP contribution in [0.4, 0.5) is 0 Å². The fraction of sp³-hybridized carbons (Fsp3) is 1.00. The molecular formula is C8H23AlOSi. The molecule has 1 nitrogen and oxygen atoms in total. The van der Waals surface area contributed by atoms with Crippen molar-refractivity contribution in [2.24, 2.45) is 0 Å². The van der Waals surface area contributed by atoms with Crippen molar-refractivity contribution in [1.82, 2.24) is 0 Å². The Morgan fingerprint density at radius 2 is 1.36 bits per heavy atom. The van der Waals surface area contributed by atoms with Crippen LogP contribution in [0.2, 0.25) is 29.7 Å². The molecule has 3 heteroatoms. The van der Waals surface area contributed by atoms with Crippen LogP contribution in [-0.2, 0) is 0 Å². The molecule has 0 rings (SSSR count). The molecule has 0 unspecified atom stereocenters. The van der Waals surface area contributed by atoms with Crippen molar-refractivity contribution in [3.05, 3.63) is 0 Å². The van der Waals surface area contributed by atoms with Crippen molar-refractivity contribution < 1.29 is 4.80 Å². The van der Waals surface area contributed by atoms with Crippen molar-refractivity contribution in [3.63, 3.8) is 0 Å². The van der Waals surface area contributed by atoms with Crippen molar-refractivity contribution in [2.75, 3.05) is 0 Å². The highest BCUT2D eigenvalue weighted by atomic mass is 28.4. The maximum absolute atomic E-state index is 8.97. The average molecular weight is 190 g/mol. The lowest BCUT2D eigenvalue weighted by molar-refractivity contribution is 0.551. The third-order valence-electron chi connectivity index (χ3n) is 1.57. The first-order chi connectivity index (χ1) is 4.97. The molecule has 11 heavy (non-hydrogen) atoms. The summed E-state index contributed by atoms with van der Waals surface area (Å²) >= 11 is 0.432. The monoisotopic (exact) mass is 190 g/mol. The summed E-state index contributed by atoms with van der Waals surface area (Å²) in [5.41, 5.74) is 0. The Labute approximate surface area is 79.1 Å². The van der Waals surface area contributed by atoms with Gasteiger partial charge in [-0.2, -0.15) is 0 Å². The van der Waals surface area contributed by atoms with Crippen LogP contribution in [0.15, 0.2) is 0 Å². The summed E-state index contributed by atoms with van der Waals surface area (Å²) in [5, 5.41) is 2.97. The predicted octanol–water partition coefficient (Wildman–Crippen LogP) is 2.50. The summed E-state index contributed by atoms with van der Waals surface area (Å²) in [7, 11) is -1.63. The van der Waals surface area contributed by atoms with Crippen LogP contribution < -0.4 is 0 Å². The molecule has 0 fully saturated rings. The molecule has 0 saturated carbocycles. The van der Waals surface area contributed by atoms with Gasteiger partial charge in [0.25, 0.3) is 0 Å². The van der Waals surface area contributed by atoms with Crippen LogP contribution in [0, 0.1) is 0 Å². The minimum Gasteiger partial charge on any atom is -0.432 e. The van der Waals surface area contributed by atoms with E-state index in [9.17, 15) is 0 Å². The zero-order valence-electron chi connectivity index (χ0n) is 8.78. The van der Waals surface area contributed by atoms with E-state index >= 15 is 0 Å². The Balaban J connectivity index is 0. The Hall–Kier alpha value is 0.709. The highest BCUT2D eigenvalue weighted by molar-refractivity contribution is 6.69. The van der Waals surface area contributed by atoms with Gasteiger partial charge in [0, 0.05) is 0 Å². The highest BCUT2D eigenvalue weighted by Crippen LogP contribution is 1.99. The first-order valence-electron chi connectivity index (χ1n) is 4.70. The Morgan fingerprint density at radius 3 is 1.36 bits per heavy atom. The molecule has 1 N–H and O–H groups in total. The van der Waals surface area contributed by atoms with Crippen molar-refractivity contribution in [1.29, 1.82) is 0 Å². The van der Waals surface area contributed by atoms with Gasteiger partial charge in [0.15, 0.2) is 8.32 Å². The fourth-order valence-corrected chi connectivity index (χ4v) is 1.06. The first kappa shape index (κ1) is 14.2. The molecule has 0 aromatic carbocycles. The van der Waals surface area contributed by atoms with Crippen LogP contribution in [0.3, 0.4) is 0 Å². The van der Waals surface area contributed by atoms with E-state index in [2.05, 4.69) is 13.8 Å². The Kier molecular flexibility index (Phi) is 11.4. The SMILES string of the molecule is CC[Si](C)(C)O.C[CH2][AlH][CH2]C. The summed E-state index contributed by atoms with van der Waals surface area (Å²) in [6.07, 6.45) is 0. The van der Waals surface area contributed by atoms with Gasteiger partial charge in [-0.15, -0.1) is 10.6 Å². The number of rotatable bonds is 3. The summed E-state index contributed by atoms with van der Waals surface area (Å²) in [6.45, 7) is 10.4. The van der Waals surface area contributed by atoms with Gasteiger partial charge in [0.05, 0.1) is 0 Å². The maximum atomic E-state index is 8.97. The lowest BCUT2D eigenvalue weighted by Gasteiger charge is -2.07. The molecule has 0 aliphatic heterocycles. The fourth-order valence-electron chi connectivity index (χ4n) is 0.354. The number of hydrogen-bond acceptors (Lipinski definition) is 1. The largest absolute Gasteiger partial charge is 0.432 e. The quantitative estimate of drug-likeness (QED) is 0.678. The van der Waals surface area contributed by atoms with Crippen LogP contribution >= 0.6 is 0 Å². The van der Waals surface area contributed by atoms with E-state index in [1.807, 2.05) is 20.0 Å². The standard InChI is InChI=1S/C4H12OSi.2C2H5.Al.H/c1-4-6(2,3)5;2*1-2;;/h5H,4H2,1-3H3;2*1H2,2H3;;. The second-order valence-electron chi connectivity index (χ2n) is 3.52. The van der Waals surface area contributed by atoms with E-state index in [1.54, 1.807) is 0 Å². The normalized spacial score (nSPS) is 10.0. The Morgan fingerprint density at radius 1 is 1.09 bits per heavy atom. The molecule has 0 aliphatic rings. The van der Waals surface area contributed by atoms with Crippen LogP contribution in [0.5, 0.6) is 0 Å². The molecule has 0 atom stereocenters. The topological polar surface area (TPSA) is 20.2 Å². The zero-order valence-corrected chi connectivity index (χ0v) is 11.2.